The fraction of sp³-hybridized carbons (Fsp3) is 0.200. The Morgan fingerprint density at radius 1 is 1.22 bits per heavy atom. The Kier molecular flexibility index (Phi) is 4.95. The first kappa shape index (κ1) is 16.9. The number of aromatic nitrogens is 1. The number of rotatable bonds is 4. The summed E-state index contributed by atoms with van der Waals surface area (Å²) in [7, 11) is 0. The molecule has 0 aliphatic rings. The Hall–Kier alpha value is -2.48. The normalized spacial score (nSPS) is 12.7. The minimum absolute atomic E-state index is 0.323. The Morgan fingerprint density at radius 3 is 2.48 bits per heavy atom. The highest BCUT2D eigenvalue weighted by molar-refractivity contribution is 5.93. The number of hydrogen-bond donors (Lipinski definition) is 2. The van der Waals surface area contributed by atoms with Crippen LogP contribution >= 0.6 is 0 Å². The van der Waals surface area contributed by atoms with Crippen LogP contribution in [0.4, 0.5) is 17.6 Å². The van der Waals surface area contributed by atoms with Crippen molar-refractivity contribution < 1.29 is 27.5 Å². The number of amides is 1. The van der Waals surface area contributed by atoms with E-state index in [0.29, 0.717) is 5.56 Å². The third-order valence-electron chi connectivity index (χ3n) is 3.04. The van der Waals surface area contributed by atoms with E-state index in [1.54, 1.807) is 0 Å². The minimum atomic E-state index is -4.71. The van der Waals surface area contributed by atoms with Gasteiger partial charge in [-0.3, -0.25) is 9.78 Å². The second kappa shape index (κ2) is 6.74. The molecule has 1 atom stereocenters. The summed E-state index contributed by atoms with van der Waals surface area (Å²) < 4.78 is 51.2. The van der Waals surface area contributed by atoms with Crippen LogP contribution in [0.1, 0.15) is 27.7 Å². The van der Waals surface area contributed by atoms with Crippen LogP contribution in [-0.2, 0) is 6.18 Å². The quantitative estimate of drug-likeness (QED) is 0.849. The molecule has 23 heavy (non-hydrogen) atoms. The van der Waals surface area contributed by atoms with Crippen molar-refractivity contribution in [1.29, 1.82) is 0 Å². The molecule has 1 aromatic heterocycles. The molecule has 1 amide bonds. The molecule has 1 aromatic carbocycles. The molecular formula is C15H12F4N2O2. The summed E-state index contributed by atoms with van der Waals surface area (Å²) in [5.41, 5.74) is -1.61. The molecule has 4 nitrogen and oxygen atoms in total. The lowest BCUT2D eigenvalue weighted by atomic mass is 10.1. The molecule has 2 aromatic rings. The summed E-state index contributed by atoms with van der Waals surface area (Å²) in [5.74, 6) is -1.55. The lowest BCUT2D eigenvalue weighted by Crippen LogP contribution is -2.31. The highest BCUT2D eigenvalue weighted by Gasteiger charge is 2.35. The Morgan fingerprint density at radius 2 is 1.87 bits per heavy atom. The van der Waals surface area contributed by atoms with Crippen LogP contribution in [0.2, 0.25) is 0 Å². The SMILES string of the molecule is O=C(NCC(O)c1ccc(F)cc1)c1ncccc1C(F)(F)F. The summed E-state index contributed by atoms with van der Waals surface area (Å²) in [6, 6.07) is 6.70. The second-order valence-corrected chi connectivity index (χ2v) is 4.67. The first-order chi connectivity index (χ1) is 10.8. The van der Waals surface area contributed by atoms with E-state index in [-0.39, 0.29) is 6.54 Å². The summed E-state index contributed by atoms with van der Waals surface area (Å²) >= 11 is 0. The van der Waals surface area contributed by atoms with Crippen LogP contribution in [0, 0.1) is 5.82 Å². The van der Waals surface area contributed by atoms with Crippen LogP contribution < -0.4 is 5.32 Å². The maximum Gasteiger partial charge on any atom is 0.418 e. The number of hydrogen-bond acceptors (Lipinski definition) is 3. The highest BCUT2D eigenvalue weighted by Crippen LogP contribution is 2.30. The van der Waals surface area contributed by atoms with Gasteiger partial charge in [0, 0.05) is 12.7 Å². The molecule has 0 aliphatic carbocycles. The van der Waals surface area contributed by atoms with Gasteiger partial charge in [0.25, 0.3) is 5.91 Å². The molecule has 0 fully saturated rings. The van der Waals surface area contributed by atoms with E-state index in [1.807, 2.05) is 0 Å². The van der Waals surface area contributed by atoms with Gasteiger partial charge in [-0.1, -0.05) is 12.1 Å². The first-order valence-electron chi connectivity index (χ1n) is 6.53. The van der Waals surface area contributed by atoms with Gasteiger partial charge in [0.2, 0.25) is 0 Å². The molecule has 2 rings (SSSR count). The number of aliphatic hydroxyl groups is 1. The Bertz CT molecular complexity index is 687. The zero-order chi connectivity index (χ0) is 17.0. The van der Waals surface area contributed by atoms with E-state index in [0.717, 1.165) is 30.5 Å². The van der Waals surface area contributed by atoms with Crippen molar-refractivity contribution >= 4 is 5.91 Å². The van der Waals surface area contributed by atoms with Gasteiger partial charge in [0.05, 0.1) is 11.7 Å². The van der Waals surface area contributed by atoms with Crippen LogP contribution in [0.15, 0.2) is 42.6 Å². The number of pyridine rings is 1. The molecule has 1 unspecified atom stereocenters. The lowest BCUT2D eigenvalue weighted by molar-refractivity contribution is -0.138. The van der Waals surface area contributed by atoms with Gasteiger partial charge in [-0.25, -0.2) is 4.39 Å². The van der Waals surface area contributed by atoms with Crippen molar-refractivity contribution in [3.05, 3.63) is 65.2 Å². The molecule has 2 N–H and O–H groups in total. The number of carbonyl (C=O) groups excluding carboxylic acids is 1. The van der Waals surface area contributed by atoms with Gasteiger partial charge in [0.15, 0.2) is 0 Å². The van der Waals surface area contributed by atoms with Crippen LogP contribution in [0.25, 0.3) is 0 Å². The summed E-state index contributed by atoms with van der Waals surface area (Å²) in [5, 5.41) is 12.0. The van der Waals surface area contributed by atoms with Gasteiger partial charge in [-0.2, -0.15) is 13.2 Å². The first-order valence-corrected chi connectivity index (χ1v) is 6.53. The smallest absolute Gasteiger partial charge is 0.387 e. The van der Waals surface area contributed by atoms with E-state index in [1.165, 1.54) is 12.1 Å². The van der Waals surface area contributed by atoms with E-state index in [9.17, 15) is 27.5 Å². The number of nitrogens with one attached hydrogen (secondary N) is 1. The molecule has 0 saturated carbocycles. The largest absolute Gasteiger partial charge is 0.418 e. The predicted molar refractivity (Wildman–Crippen MR) is 72.9 cm³/mol. The van der Waals surface area contributed by atoms with Crippen molar-refractivity contribution in [1.82, 2.24) is 10.3 Å². The molecule has 8 heteroatoms. The number of benzene rings is 1. The van der Waals surface area contributed by atoms with E-state index < -0.39 is 35.3 Å². The molecule has 0 saturated heterocycles. The van der Waals surface area contributed by atoms with Crippen molar-refractivity contribution in [3.8, 4) is 0 Å². The lowest BCUT2D eigenvalue weighted by Gasteiger charge is -2.14. The zero-order valence-corrected chi connectivity index (χ0v) is 11.6. The number of alkyl halides is 3. The molecule has 0 bridgehead atoms. The summed E-state index contributed by atoms with van der Waals surface area (Å²) in [6.07, 6.45) is -4.82. The predicted octanol–water partition coefficient (Wildman–Crippen LogP) is 2.70. The zero-order valence-electron chi connectivity index (χ0n) is 11.6. The van der Waals surface area contributed by atoms with E-state index >= 15 is 0 Å². The van der Waals surface area contributed by atoms with Crippen molar-refractivity contribution in [2.45, 2.75) is 12.3 Å². The van der Waals surface area contributed by atoms with E-state index in [4.69, 9.17) is 0 Å². The fourth-order valence-electron chi connectivity index (χ4n) is 1.89. The Balaban J connectivity index is 2.07. The number of carbonyl (C=O) groups is 1. The monoisotopic (exact) mass is 328 g/mol. The molecule has 1 heterocycles. The fourth-order valence-corrected chi connectivity index (χ4v) is 1.89. The molecule has 0 aliphatic heterocycles. The van der Waals surface area contributed by atoms with Crippen molar-refractivity contribution in [2.75, 3.05) is 6.54 Å². The van der Waals surface area contributed by atoms with Gasteiger partial charge in [0.1, 0.15) is 11.5 Å². The topological polar surface area (TPSA) is 62.2 Å². The molecular weight excluding hydrogens is 316 g/mol. The molecule has 0 radical (unpaired) electrons. The van der Waals surface area contributed by atoms with Crippen molar-refractivity contribution in [3.63, 3.8) is 0 Å². The highest BCUT2D eigenvalue weighted by atomic mass is 19.4. The number of halogens is 4. The number of nitrogens with zero attached hydrogens (tertiary/aromatic N) is 1. The standard InChI is InChI=1S/C15H12F4N2O2/c16-10-5-3-9(4-6-10)12(22)8-21-14(23)13-11(15(17,18)19)2-1-7-20-13/h1-7,12,22H,8H2,(H,21,23). The number of aliphatic hydroxyl groups excluding tert-OH is 1. The minimum Gasteiger partial charge on any atom is -0.387 e. The van der Waals surface area contributed by atoms with Gasteiger partial charge < -0.3 is 10.4 Å². The van der Waals surface area contributed by atoms with Gasteiger partial charge in [-0.15, -0.1) is 0 Å². The molecule has 0 spiro atoms. The summed E-state index contributed by atoms with van der Waals surface area (Å²) in [6.45, 7) is -0.335. The molecule has 122 valence electrons. The average Bonchev–Trinajstić information content (AvgIpc) is 2.52. The van der Waals surface area contributed by atoms with Gasteiger partial charge >= 0.3 is 6.18 Å². The average molecular weight is 328 g/mol. The van der Waals surface area contributed by atoms with Crippen LogP contribution in [0.5, 0.6) is 0 Å². The van der Waals surface area contributed by atoms with Crippen LogP contribution in [0.3, 0.4) is 0 Å². The van der Waals surface area contributed by atoms with E-state index in [2.05, 4.69) is 10.3 Å². The third-order valence-corrected chi connectivity index (χ3v) is 3.04. The maximum absolute atomic E-state index is 12.8. The maximum atomic E-state index is 12.8. The Labute approximate surface area is 128 Å². The summed E-state index contributed by atoms with van der Waals surface area (Å²) in [4.78, 5) is 15.3. The van der Waals surface area contributed by atoms with Gasteiger partial charge in [-0.05, 0) is 29.8 Å². The van der Waals surface area contributed by atoms with Crippen molar-refractivity contribution in [2.24, 2.45) is 0 Å². The second-order valence-electron chi connectivity index (χ2n) is 4.67. The van der Waals surface area contributed by atoms with Crippen LogP contribution in [-0.4, -0.2) is 22.5 Å². The third kappa shape index (κ3) is 4.26.